The Hall–Kier alpha value is -2.61. The van der Waals surface area contributed by atoms with Crippen molar-refractivity contribution < 1.29 is 22.8 Å². The summed E-state index contributed by atoms with van der Waals surface area (Å²) in [6.45, 7) is 0. The highest BCUT2D eigenvalue weighted by Gasteiger charge is 2.31. The normalized spacial score (nSPS) is 14.0. The standard InChI is InChI=1S/C17H13ClF3N3O2/c18-11-7-4-9(17(19,20)21)8-14(11)24-16(26)13-3-1-2-12(23-13)15(25)22-10-5-6-10/h1-4,7-8,10H,5-6H2,(H,22,25)(H,24,26). The van der Waals surface area contributed by atoms with Crippen LogP contribution in [0.3, 0.4) is 0 Å². The van der Waals surface area contributed by atoms with E-state index < -0.39 is 23.6 Å². The van der Waals surface area contributed by atoms with Gasteiger partial charge in [-0.05, 0) is 43.2 Å². The summed E-state index contributed by atoms with van der Waals surface area (Å²) >= 11 is 5.86. The predicted octanol–water partition coefficient (Wildman–Crippen LogP) is 3.90. The minimum atomic E-state index is -4.57. The summed E-state index contributed by atoms with van der Waals surface area (Å²) in [5, 5.41) is 4.99. The van der Waals surface area contributed by atoms with Crippen LogP contribution in [0.15, 0.2) is 36.4 Å². The minimum Gasteiger partial charge on any atom is -0.348 e. The molecule has 5 nitrogen and oxygen atoms in total. The molecule has 1 aromatic carbocycles. The number of nitrogens with zero attached hydrogens (tertiary/aromatic N) is 1. The quantitative estimate of drug-likeness (QED) is 0.841. The van der Waals surface area contributed by atoms with E-state index in [1.807, 2.05) is 0 Å². The van der Waals surface area contributed by atoms with E-state index in [1.165, 1.54) is 18.2 Å². The molecule has 9 heteroatoms. The number of alkyl halides is 3. The van der Waals surface area contributed by atoms with Gasteiger partial charge < -0.3 is 10.6 Å². The minimum absolute atomic E-state index is 0.0472. The van der Waals surface area contributed by atoms with Crippen LogP contribution in [-0.4, -0.2) is 22.8 Å². The molecule has 2 amide bonds. The van der Waals surface area contributed by atoms with Gasteiger partial charge in [0.25, 0.3) is 11.8 Å². The Morgan fingerprint density at radius 1 is 1.08 bits per heavy atom. The van der Waals surface area contributed by atoms with Crippen LogP contribution in [0.4, 0.5) is 18.9 Å². The first kappa shape index (κ1) is 18.2. The molecule has 2 aromatic rings. The van der Waals surface area contributed by atoms with Gasteiger partial charge in [-0.3, -0.25) is 9.59 Å². The zero-order valence-corrected chi connectivity index (χ0v) is 14.0. The number of halogens is 4. The monoisotopic (exact) mass is 383 g/mol. The van der Waals surface area contributed by atoms with Gasteiger partial charge in [-0.2, -0.15) is 13.2 Å². The van der Waals surface area contributed by atoms with Crippen molar-refractivity contribution >= 4 is 29.1 Å². The van der Waals surface area contributed by atoms with Crippen LogP contribution in [0.5, 0.6) is 0 Å². The van der Waals surface area contributed by atoms with Crippen LogP contribution in [0.2, 0.25) is 5.02 Å². The Morgan fingerprint density at radius 2 is 1.73 bits per heavy atom. The number of anilines is 1. The summed E-state index contributed by atoms with van der Waals surface area (Å²) in [4.78, 5) is 28.2. The lowest BCUT2D eigenvalue weighted by Crippen LogP contribution is -2.27. The number of aromatic nitrogens is 1. The maximum Gasteiger partial charge on any atom is 0.416 e. The molecular formula is C17H13ClF3N3O2. The maximum atomic E-state index is 12.8. The molecule has 1 heterocycles. The molecule has 1 aromatic heterocycles. The summed E-state index contributed by atoms with van der Waals surface area (Å²) in [6.07, 6.45) is -2.76. The average molecular weight is 384 g/mol. The summed E-state index contributed by atoms with van der Waals surface area (Å²) in [7, 11) is 0. The molecule has 0 saturated heterocycles. The molecule has 2 N–H and O–H groups in total. The van der Waals surface area contributed by atoms with Crippen LogP contribution in [0.1, 0.15) is 39.4 Å². The van der Waals surface area contributed by atoms with E-state index in [4.69, 9.17) is 11.6 Å². The number of hydrogen-bond donors (Lipinski definition) is 2. The van der Waals surface area contributed by atoms with Gasteiger partial charge in [0.05, 0.1) is 16.3 Å². The molecule has 3 rings (SSSR count). The second-order valence-corrected chi connectivity index (χ2v) is 6.21. The van der Waals surface area contributed by atoms with Crippen LogP contribution < -0.4 is 10.6 Å². The first-order valence-electron chi connectivity index (χ1n) is 7.70. The van der Waals surface area contributed by atoms with Gasteiger partial charge >= 0.3 is 6.18 Å². The van der Waals surface area contributed by atoms with Crippen LogP contribution in [0.25, 0.3) is 0 Å². The summed E-state index contributed by atoms with van der Waals surface area (Å²) in [5.41, 5.74) is -1.19. The van der Waals surface area contributed by atoms with E-state index in [0.29, 0.717) is 0 Å². The molecular weight excluding hydrogens is 371 g/mol. The summed E-state index contributed by atoms with van der Waals surface area (Å²) < 4.78 is 38.4. The van der Waals surface area contributed by atoms with E-state index in [9.17, 15) is 22.8 Å². The number of amides is 2. The smallest absolute Gasteiger partial charge is 0.348 e. The van der Waals surface area contributed by atoms with Crippen molar-refractivity contribution in [3.8, 4) is 0 Å². The SMILES string of the molecule is O=C(Nc1cc(C(F)(F)F)ccc1Cl)c1cccc(C(=O)NC2CC2)n1. The first-order chi connectivity index (χ1) is 12.2. The molecule has 0 radical (unpaired) electrons. The molecule has 0 bridgehead atoms. The molecule has 136 valence electrons. The zero-order valence-electron chi connectivity index (χ0n) is 13.2. The zero-order chi connectivity index (χ0) is 18.9. The third kappa shape index (κ3) is 4.32. The number of nitrogens with one attached hydrogen (secondary N) is 2. The van der Waals surface area contributed by atoms with Crippen molar-refractivity contribution in [2.24, 2.45) is 0 Å². The van der Waals surface area contributed by atoms with E-state index in [2.05, 4.69) is 15.6 Å². The van der Waals surface area contributed by atoms with Gasteiger partial charge in [0.1, 0.15) is 11.4 Å². The number of benzene rings is 1. The van der Waals surface area contributed by atoms with Crippen molar-refractivity contribution in [1.29, 1.82) is 0 Å². The first-order valence-corrected chi connectivity index (χ1v) is 8.08. The fraction of sp³-hybridized carbons (Fsp3) is 0.235. The second-order valence-electron chi connectivity index (χ2n) is 5.80. The lowest BCUT2D eigenvalue weighted by Gasteiger charge is -2.11. The van der Waals surface area contributed by atoms with Crippen LogP contribution in [0, 0.1) is 0 Å². The van der Waals surface area contributed by atoms with E-state index in [1.54, 1.807) is 0 Å². The molecule has 1 aliphatic rings. The molecule has 0 unspecified atom stereocenters. The Morgan fingerprint density at radius 3 is 2.35 bits per heavy atom. The third-order valence-corrected chi connectivity index (χ3v) is 4.00. The Bertz CT molecular complexity index is 867. The fourth-order valence-electron chi connectivity index (χ4n) is 2.16. The molecule has 0 spiro atoms. The average Bonchev–Trinajstić information content (AvgIpc) is 3.40. The molecule has 1 aliphatic carbocycles. The maximum absolute atomic E-state index is 12.8. The highest BCUT2D eigenvalue weighted by atomic mass is 35.5. The molecule has 0 atom stereocenters. The van der Waals surface area contributed by atoms with E-state index in [-0.39, 0.29) is 28.1 Å². The molecule has 26 heavy (non-hydrogen) atoms. The number of rotatable bonds is 4. The van der Waals surface area contributed by atoms with Crippen molar-refractivity contribution in [3.63, 3.8) is 0 Å². The largest absolute Gasteiger partial charge is 0.416 e. The van der Waals surface area contributed by atoms with Crippen molar-refractivity contribution in [1.82, 2.24) is 10.3 Å². The topological polar surface area (TPSA) is 71.1 Å². The molecule has 0 aliphatic heterocycles. The Balaban J connectivity index is 1.79. The predicted molar refractivity (Wildman–Crippen MR) is 89.1 cm³/mol. The fourth-order valence-corrected chi connectivity index (χ4v) is 2.32. The van der Waals surface area contributed by atoms with Gasteiger partial charge in [0, 0.05) is 6.04 Å². The molecule has 1 fully saturated rings. The van der Waals surface area contributed by atoms with Gasteiger partial charge in [0.15, 0.2) is 0 Å². The number of pyridine rings is 1. The molecule has 1 saturated carbocycles. The van der Waals surface area contributed by atoms with Crippen LogP contribution >= 0.6 is 11.6 Å². The number of carbonyl (C=O) groups excluding carboxylic acids is 2. The summed E-state index contributed by atoms with van der Waals surface area (Å²) in [5.74, 6) is -1.17. The van der Waals surface area contributed by atoms with Gasteiger partial charge in [0.2, 0.25) is 0 Å². The third-order valence-electron chi connectivity index (χ3n) is 3.67. The van der Waals surface area contributed by atoms with E-state index in [0.717, 1.165) is 31.0 Å². The number of hydrogen-bond acceptors (Lipinski definition) is 3. The number of carbonyl (C=O) groups is 2. The van der Waals surface area contributed by atoms with Crippen molar-refractivity contribution in [3.05, 3.63) is 58.4 Å². The van der Waals surface area contributed by atoms with Gasteiger partial charge in [-0.15, -0.1) is 0 Å². The highest BCUT2D eigenvalue weighted by molar-refractivity contribution is 6.33. The summed E-state index contributed by atoms with van der Waals surface area (Å²) in [6, 6.07) is 7.01. The van der Waals surface area contributed by atoms with Crippen molar-refractivity contribution in [2.75, 3.05) is 5.32 Å². The lowest BCUT2D eigenvalue weighted by atomic mass is 10.2. The van der Waals surface area contributed by atoms with E-state index >= 15 is 0 Å². The van der Waals surface area contributed by atoms with Gasteiger partial charge in [-0.1, -0.05) is 17.7 Å². The lowest BCUT2D eigenvalue weighted by molar-refractivity contribution is -0.137. The highest BCUT2D eigenvalue weighted by Crippen LogP contribution is 2.33. The van der Waals surface area contributed by atoms with Gasteiger partial charge in [-0.25, -0.2) is 4.98 Å². The second kappa shape index (κ2) is 6.95. The van der Waals surface area contributed by atoms with Crippen molar-refractivity contribution in [2.45, 2.75) is 25.1 Å². The van der Waals surface area contributed by atoms with Crippen LogP contribution in [-0.2, 0) is 6.18 Å². The Labute approximate surface area is 151 Å². The Kier molecular flexibility index (Phi) is 4.86.